The Morgan fingerprint density at radius 3 is 2.70 bits per heavy atom. The molecule has 6 nitrogen and oxygen atoms in total. The van der Waals surface area contributed by atoms with E-state index in [2.05, 4.69) is 11.1 Å². The first kappa shape index (κ1) is 16.1. The Hall–Kier alpha value is -3.15. The number of rotatable bonds is 2. The molecule has 1 amide bonds. The first-order valence-electron chi connectivity index (χ1n) is 9.16. The van der Waals surface area contributed by atoms with Gasteiger partial charge in [-0.3, -0.25) is 9.59 Å². The minimum absolute atomic E-state index is 0.0392. The van der Waals surface area contributed by atoms with Gasteiger partial charge in [-0.25, -0.2) is 4.98 Å². The monoisotopic (exact) mass is 361 g/mol. The van der Waals surface area contributed by atoms with Crippen LogP contribution in [0.3, 0.4) is 0 Å². The summed E-state index contributed by atoms with van der Waals surface area (Å²) in [5.41, 5.74) is 3.37. The van der Waals surface area contributed by atoms with E-state index in [9.17, 15) is 9.59 Å². The second kappa shape index (κ2) is 6.23. The smallest absolute Gasteiger partial charge is 0.275 e. The number of aromatic nitrogens is 2. The van der Waals surface area contributed by atoms with E-state index >= 15 is 0 Å². The van der Waals surface area contributed by atoms with Gasteiger partial charge in [-0.05, 0) is 29.5 Å². The van der Waals surface area contributed by atoms with E-state index in [1.807, 2.05) is 39.8 Å². The van der Waals surface area contributed by atoms with E-state index in [0.717, 1.165) is 23.2 Å². The Morgan fingerprint density at radius 2 is 1.93 bits per heavy atom. The first-order chi connectivity index (χ1) is 13.2. The zero-order chi connectivity index (χ0) is 18.4. The lowest BCUT2D eigenvalue weighted by Gasteiger charge is -2.42. The molecular formula is C21H19N3O3. The van der Waals surface area contributed by atoms with Gasteiger partial charge in [0.1, 0.15) is 6.26 Å². The number of pyridine rings is 1. The molecule has 0 unspecified atom stereocenters. The normalized spacial score (nSPS) is 21.0. The molecule has 27 heavy (non-hydrogen) atoms. The summed E-state index contributed by atoms with van der Waals surface area (Å²) in [4.78, 5) is 31.3. The molecule has 2 aromatic heterocycles. The lowest BCUT2D eigenvalue weighted by Crippen LogP contribution is -2.49. The maximum atomic E-state index is 12.8. The SMILES string of the molecule is O=C(c1cocn1)N1C[C@@H]2C[C@H](C1)c1cc(-c3ccccc3)cc(=O)n1C2. The minimum atomic E-state index is -0.103. The van der Waals surface area contributed by atoms with Crippen molar-refractivity contribution >= 4 is 5.91 Å². The summed E-state index contributed by atoms with van der Waals surface area (Å²) in [6.07, 6.45) is 3.66. The van der Waals surface area contributed by atoms with Crippen LogP contribution in [0, 0.1) is 5.92 Å². The number of hydrogen-bond donors (Lipinski definition) is 0. The predicted octanol–water partition coefficient (Wildman–Crippen LogP) is 2.76. The summed E-state index contributed by atoms with van der Waals surface area (Å²) in [6, 6.07) is 13.8. The average Bonchev–Trinajstić information content (AvgIpc) is 3.23. The molecule has 0 radical (unpaired) electrons. The lowest BCUT2D eigenvalue weighted by molar-refractivity contribution is 0.0589. The lowest BCUT2D eigenvalue weighted by atomic mass is 9.82. The molecule has 0 N–H and O–H groups in total. The number of nitrogens with zero attached hydrogens (tertiary/aromatic N) is 3. The fourth-order valence-electron chi connectivity index (χ4n) is 4.40. The molecule has 136 valence electrons. The molecule has 2 bridgehead atoms. The third-order valence-electron chi connectivity index (χ3n) is 5.60. The molecule has 6 heteroatoms. The molecule has 4 heterocycles. The van der Waals surface area contributed by atoms with Crippen LogP contribution in [-0.4, -0.2) is 33.4 Å². The second-order valence-electron chi connectivity index (χ2n) is 7.37. The number of hydrogen-bond acceptors (Lipinski definition) is 4. The maximum Gasteiger partial charge on any atom is 0.275 e. The van der Waals surface area contributed by atoms with Crippen LogP contribution in [0.2, 0.25) is 0 Å². The third kappa shape index (κ3) is 2.77. The van der Waals surface area contributed by atoms with Crippen LogP contribution in [-0.2, 0) is 6.54 Å². The topological polar surface area (TPSA) is 68.3 Å². The van der Waals surface area contributed by atoms with Gasteiger partial charge in [0.05, 0.1) is 0 Å². The van der Waals surface area contributed by atoms with Crippen LogP contribution in [0.25, 0.3) is 11.1 Å². The van der Waals surface area contributed by atoms with Crippen LogP contribution in [0.5, 0.6) is 0 Å². The Kier molecular flexibility index (Phi) is 3.70. The minimum Gasteiger partial charge on any atom is -0.451 e. The van der Waals surface area contributed by atoms with Crippen LogP contribution < -0.4 is 5.56 Å². The van der Waals surface area contributed by atoms with E-state index in [-0.39, 0.29) is 23.3 Å². The third-order valence-corrected chi connectivity index (χ3v) is 5.60. The highest BCUT2D eigenvalue weighted by Crippen LogP contribution is 2.36. The summed E-state index contributed by atoms with van der Waals surface area (Å²) in [6.45, 7) is 1.90. The van der Waals surface area contributed by atoms with Gasteiger partial charge in [0.25, 0.3) is 11.5 Å². The van der Waals surface area contributed by atoms with Crippen molar-refractivity contribution < 1.29 is 9.21 Å². The van der Waals surface area contributed by atoms with E-state index in [1.165, 1.54) is 12.7 Å². The number of amides is 1. The Balaban J connectivity index is 1.51. The van der Waals surface area contributed by atoms with Crippen molar-refractivity contribution in [1.29, 1.82) is 0 Å². The van der Waals surface area contributed by atoms with Crippen LogP contribution in [0.15, 0.2) is 64.3 Å². The summed E-state index contributed by atoms with van der Waals surface area (Å²) in [7, 11) is 0. The van der Waals surface area contributed by atoms with Crippen LogP contribution in [0.1, 0.15) is 28.5 Å². The van der Waals surface area contributed by atoms with Crippen molar-refractivity contribution in [2.45, 2.75) is 18.9 Å². The molecule has 1 fully saturated rings. The van der Waals surface area contributed by atoms with Gasteiger partial charge in [-0.1, -0.05) is 30.3 Å². The highest BCUT2D eigenvalue weighted by atomic mass is 16.3. The maximum absolute atomic E-state index is 12.8. The number of oxazole rings is 1. The standard InChI is InChI=1S/C21H19N3O3/c25-20-8-16(15-4-2-1-3-5-15)7-19-17-6-14(10-24(19)20)9-23(11-17)21(26)18-12-27-13-22-18/h1-5,7-8,12-14,17H,6,9-11H2/t14-,17+/m0/s1. The zero-order valence-corrected chi connectivity index (χ0v) is 14.7. The largest absolute Gasteiger partial charge is 0.451 e. The van der Waals surface area contributed by atoms with Crippen molar-refractivity contribution in [3.05, 3.63) is 76.9 Å². The van der Waals surface area contributed by atoms with Crippen molar-refractivity contribution in [2.24, 2.45) is 5.92 Å². The molecule has 2 aliphatic heterocycles. The highest BCUT2D eigenvalue weighted by Gasteiger charge is 2.37. The Bertz CT molecular complexity index is 1040. The fraction of sp³-hybridized carbons (Fsp3) is 0.286. The van der Waals surface area contributed by atoms with Gasteiger partial charge in [0.15, 0.2) is 12.1 Å². The van der Waals surface area contributed by atoms with Crippen molar-refractivity contribution in [3.63, 3.8) is 0 Å². The Morgan fingerprint density at radius 1 is 1.07 bits per heavy atom. The number of carbonyl (C=O) groups excluding carboxylic acids is 1. The number of likely N-dealkylation sites (tertiary alicyclic amines) is 1. The van der Waals surface area contributed by atoms with E-state index in [0.29, 0.717) is 25.3 Å². The molecule has 0 saturated carbocycles. The van der Waals surface area contributed by atoms with E-state index in [1.54, 1.807) is 6.07 Å². The predicted molar refractivity (Wildman–Crippen MR) is 99.4 cm³/mol. The molecule has 1 aromatic carbocycles. The van der Waals surface area contributed by atoms with Gasteiger partial charge < -0.3 is 13.9 Å². The van der Waals surface area contributed by atoms with Gasteiger partial charge in [-0.15, -0.1) is 0 Å². The van der Waals surface area contributed by atoms with Crippen LogP contribution >= 0.6 is 0 Å². The zero-order valence-electron chi connectivity index (χ0n) is 14.7. The van der Waals surface area contributed by atoms with E-state index < -0.39 is 0 Å². The van der Waals surface area contributed by atoms with Gasteiger partial charge in [0, 0.05) is 37.3 Å². The van der Waals surface area contributed by atoms with Gasteiger partial charge in [0.2, 0.25) is 0 Å². The van der Waals surface area contributed by atoms with Crippen molar-refractivity contribution in [3.8, 4) is 11.1 Å². The summed E-state index contributed by atoms with van der Waals surface area (Å²) in [5.74, 6) is 0.338. The molecule has 3 aromatic rings. The number of fused-ring (bicyclic) bond motifs is 4. The number of carbonyl (C=O) groups is 1. The number of piperidine rings is 1. The second-order valence-corrected chi connectivity index (χ2v) is 7.37. The Labute approximate surface area is 156 Å². The summed E-state index contributed by atoms with van der Waals surface area (Å²) in [5, 5.41) is 0. The summed E-state index contributed by atoms with van der Waals surface area (Å²) >= 11 is 0. The molecule has 0 spiro atoms. The quantitative estimate of drug-likeness (QED) is 0.704. The first-order valence-corrected chi connectivity index (χ1v) is 9.16. The summed E-state index contributed by atoms with van der Waals surface area (Å²) < 4.78 is 6.85. The molecule has 2 atom stereocenters. The average molecular weight is 361 g/mol. The van der Waals surface area contributed by atoms with Crippen molar-refractivity contribution in [2.75, 3.05) is 13.1 Å². The molecular weight excluding hydrogens is 342 g/mol. The van der Waals surface area contributed by atoms with Gasteiger partial charge >= 0.3 is 0 Å². The number of benzene rings is 1. The van der Waals surface area contributed by atoms with Crippen LogP contribution in [0.4, 0.5) is 0 Å². The molecule has 5 rings (SSSR count). The molecule has 1 saturated heterocycles. The fourth-order valence-corrected chi connectivity index (χ4v) is 4.40. The van der Waals surface area contributed by atoms with Crippen molar-refractivity contribution in [1.82, 2.24) is 14.5 Å². The van der Waals surface area contributed by atoms with E-state index in [4.69, 9.17) is 4.42 Å². The highest BCUT2D eigenvalue weighted by molar-refractivity contribution is 5.92. The molecule has 2 aliphatic rings. The molecule has 0 aliphatic carbocycles. The van der Waals surface area contributed by atoms with Gasteiger partial charge in [-0.2, -0.15) is 0 Å².